The number of hydrogen-bond donors (Lipinski definition) is 1. The highest BCUT2D eigenvalue weighted by Gasteiger charge is 2.15. The number of halogens is 3. The second kappa shape index (κ2) is 6.23. The molecule has 6 nitrogen and oxygen atoms in total. The highest BCUT2D eigenvalue weighted by molar-refractivity contribution is 6.28. The fraction of sp³-hybridized carbons (Fsp3) is 0. The molecule has 0 saturated carbocycles. The number of phenolic OH excluding ortho intramolecular Hbond substituents is 1. The van der Waals surface area contributed by atoms with Gasteiger partial charge in [-0.2, -0.15) is 4.52 Å². The SMILES string of the molecule is Oc1cccc(-c2cc(F)c(F)cc2Oc2ccc3nnc(Cl)n3n2)c1. The van der Waals surface area contributed by atoms with E-state index in [1.165, 1.54) is 22.7 Å². The van der Waals surface area contributed by atoms with E-state index in [-0.39, 0.29) is 28.2 Å². The molecule has 0 atom stereocenters. The number of aromatic hydroxyl groups is 1. The minimum atomic E-state index is -1.08. The minimum Gasteiger partial charge on any atom is -0.508 e. The number of benzene rings is 2. The Bertz CT molecular complexity index is 1130. The van der Waals surface area contributed by atoms with Gasteiger partial charge in [0.1, 0.15) is 11.5 Å². The maximum absolute atomic E-state index is 13.8. The van der Waals surface area contributed by atoms with Crippen molar-refractivity contribution in [3.05, 3.63) is 65.4 Å². The first-order chi connectivity index (χ1) is 12.5. The number of aromatic nitrogens is 4. The van der Waals surface area contributed by atoms with Crippen molar-refractivity contribution in [3.8, 4) is 28.5 Å². The largest absolute Gasteiger partial charge is 0.508 e. The first kappa shape index (κ1) is 16.2. The Morgan fingerprint density at radius 3 is 2.62 bits per heavy atom. The standard InChI is InChI=1S/C17H9ClF2N4O2/c18-17-22-21-15-4-5-16(23-24(15)17)26-14-8-13(20)12(19)7-11(14)9-2-1-3-10(25)6-9/h1-8,25H. The van der Waals surface area contributed by atoms with Crippen molar-refractivity contribution in [1.29, 1.82) is 0 Å². The molecule has 0 spiro atoms. The van der Waals surface area contributed by atoms with Gasteiger partial charge in [-0.3, -0.25) is 0 Å². The zero-order chi connectivity index (χ0) is 18.3. The van der Waals surface area contributed by atoms with Crippen LogP contribution in [0.25, 0.3) is 16.8 Å². The summed E-state index contributed by atoms with van der Waals surface area (Å²) in [4.78, 5) is 0. The van der Waals surface area contributed by atoms with Crippen LogP contribution in [0.15, 0.2) is 48.5 Å². The minimum absolute atomic E-state index is 0.0190. The third-order valence-electron chi connectivity index (χ3n) is 3.59. The lowest BCUT2D eigenvalue weighted by atomic mass is 10.0. The van der Waals surface area contributed by atoms with E-state index in [2.05, 4.69) is 15.3 Å². The van der Waals surface area contributed by atoms with E-state index >= 15 is 0 Å². The molecule has 1 N–H and O–H groups in total. The molecule has 2 aromatic heterocycles. The Morgan fingerprint density at radius 1 is 1.00 bits per heavy atom. The number of ether oxygens (including phenoxy) is 1. The van der Waals surface area contributed by atoms with E-state index in [4.69, 9.17) is 16.3 Å². The summed E-state index contributed by atoms with van der Waals surface area (Å²) >= 11 is 5.87. The number of rotatable bonds is 3. The van der Waals surface area contributed by atoms with Gasteiger partial charge in [0, 0.05) is 17.7 Å². The fourth-order valence-corrected chi connectivity index (χ4v) is 2.59. The third kappa shape index (κ3) is 2.91. The van der Waals surface area contributed by atoms with Gasteiger partial charge in [-0.15, -0.1) is 15.3 Å². The van der Waals surface area contributed by atoms with Crippen molar-refractivity contribution in [1.82, 2.24) is 19.8 Å². The highest BCUT2D eigenvalue weighted by Crippen LogP contribution is 2.36. The zero-order valence-electron chi connectivity index (χ0n) is 12.9. The predicted molar refractivity (Wildman–Crippen MR) is 89.3 cm³/mol. The van der Waals surface area contributed by atoms with Gasteiger partial charge in [-0.05, 0) is 41.4 Å². The van der Waals surface area contributed by atoms with Crippen molar-refractivity contribution >= 4 is 17.2 Å². The molecular weight excluding hydrogens is 366 g/mol. The monoisotopic (exact) mass is 374 g/mol. The van der Waals surface area contributed by atoms with Crippen molar-refractivity contribution in [3.63, 3.8) is 0 Å². The molecule has 4 aromatic rings. The van der Waals surface area contributed by atoms with E-state index in [0.717, 1.165) is 12.1 Å². The Labute approximate surface area is 150 Å². The molecule has 0 radical (unpaired) electrons. The molecule has 0 aliphatic carbocycles. The molecule has 130 valence electrons. The van der Waals surface area contributed by atoms with Crippen LogP contribution in [0.2, 0.25) is 5.28 Å². The maximum Gasteiger partial charge on any atom is 0.246 e. The fourth-order valence-electron chi connectivity index (χ4n) is 2.43. The summed E-state index contributed by atoms with van der Waals surface area (Å²) in [5.41, 5.74) is 1.10. The third-order valence-corrected chi connectivity index (χ3v) is 3.83. The topological polar surface area (TPSA) is 72.5 Å². The maximum atomic E-state index is 13.8. The van der Waals surface area contributed by atoms with Gasteiger partial charge in [0.25, 0.3) is 0 Å². The molecule has 2 aromatic carbocycles. The number of hydrogen-bond acceptors (Lipinski definition) is 5. The zero-order valence-corrected chi connectivity index (χ0v) is 13.7. The van der Waals surface area contributed by atoms with Gasteiger partial charge in [0.05, 0.1) is 0 Å². The van der Waals surface area contributed by atoms with E-state index < -0.39 is 11.6 Å². The predicted octanol–water partition coefficient (Wildman–Crippen LogP) is 4.22. The van der Waals surface area contributed by atoms with E-state index in [1.54, 1.807) is 18.2 Å². The number of phenols is 1. The molecule has 0 saturated heterocycles. The summed E-state index contributed by atoms with van der Waals surface area (Å²) in [5, 5.41) is 21.2. The Morgan fingerprint density at radius 2 is 1.81 bits per heavy atom. The molecule has 0 fully saturated rings. The molecular formula is C17H9ClF2N4O2. The summed E-state index contributed by atoms with van der Waals surface area (Å²) in [6.45, 7) is 0. The first-order valence-corrected chi connectivity index (χ1v) is 7.73. The van der Waals surface area contributed by atoms with Crippen molar-refractivity contribution in [2.75, 3.05) is 0 Å². The molecule has 2 heterocycles. The van der Waals surface area contributed by atoms with Crippen LogP contribution in [0.4, 0.5) is 8.78 Å². The van der Waals surface area contributed by atoms with Crippen LogP contribution >= 0.6 is 11.6 Å². The van der Waals surface area contributed by atoms with Crippen LogP contribution < -0.4 is 4.74 Å². The van der Waals surface area contributed by atoms with Gasteiger partial charge in [-0.25, -0.2) is 8.78 Å². The van der Waals surface area contributed by atoms with Crippen molar-refractivity contribution in [2.45, 2.75) is 0 Å². The smallest absolute Gasteiger partial charge is 0.246 e. The molecule has 0 unspecified atom stereocenters. The van der Waals surface area contributed by atoms with Crippen LogP contribution in [0.3, 0.4) is 0 Å². The average molecular weight is 375 g/mol. The van der Waals surface area contributed by atoms with Crippen LogP contribution in [-0.4, -0.2) is 24.9 Å². The Hall–Kier alpha value is -3.26. The Balaban J connectivity index is 1.81. The number of fused-ring (bicyclic) bond motifs is 1. The van der Waals surface area contributed by atoms with Crippen LogP contribution in [0, 0.1) is 11.6 Å². The molecule has 0 amide bonds. The molecule has 0 aliphatic rings. The lowest BCUT2D eigenvalue weighted by molar-refractivity contribution is 0.441. The van der Waals surface area contributed by atoms with Gasteiger partial charge >= 0.3 is 0 Å². The second-order valence-corrected chi connectivity index (χ2v) is 5.66. The first-order valence-electron chi connectivity index (χ1n) is 7.35. The molecule has 9 heteroatoms. The van der Waals surface area contributed by atoms with Gasteiger partial charge in [0.15, 0.2) is 17.3 Å². The van der Waals surface area contributed by atoms with E-state index in [9.17, 15) is 13.9 Å². The molecule has 0 aliphatic heterocycles. The Kier molecular flexibility index (Phi) is 3.89. The summed E-state index contributed by atoms with van der Waals surface area (Å²) < 4.78 is 34.4. The average Bonchev–Trinajstić information content (AvgIpc) is 2.99. The lowest BCUT2D eigenvalue weighted by Crippen LogP contribution is -1.98. The lowest BCUT2D eigenvalue weighted by Gasteiger charge is -2.12. The quantitative estimate of drug-likeness (QED) is 0.581. The summed E-state index contributed by atoms with van der Waals surface area (Å²) in [6.07, 6.45) is 0. The van der Waals surface area contributed by atoms with Gasteiger partial charge in [-0.1, -0.05) is 12.1 Å². The van der Waals surface area contributed by atoms with E-state index in [0.29, 0.717) is 11.2 Å². The van der Waals surface area contributed by atoms with Crippen LogP contribution in [0.1, 0.15) is 0 Å². The summed E-state index contributed by atoms with van der Waals surface area (Å²) in [6, 6.07) is 11.0. The summed E-state index contributed by atoms with van der Waals surface area (Å²) in [7, 11) is 0. The van der Waals surface area contributed by atoms with Crippen molar-refractivity contribution in [2.24, 2.45) is 0 Å². The normalized spacial score (nSPS) is 11.0. The molecule has 26 heavy (non-hydrogen) atoms. The summed E-state index contributed by atoms with van der Waals surface area (Å²) in [5.74, 6) is -2.04. The van der Waals surface area contributed by atoms with Gasteiger partial charge < -0.3 is 9.84 Å². The van der Waals surface area contributed by atoms with E-state index in [1.807, 2.05) is 0 Å². The second-order valence-electron chi connectivity index (χ2n) is 5.33. The number of nitrogens with zero attached hydrogens (tertiary/aromatic N) is 4. The molecule has 0 bridgehead atoms. The van der Waals surface area contributed by atoms with Crippen LogP contribution in [-0.2, 0) is 0 Å². The van der Waals surface area contributed by atoms with Crippen LogP contribution in [0.5, 0.6) is 17.4 Å². The van der Waals surface area contributed by atoms with Gasteiger partial charge in [0.2, 0.25) is 11.2 Å². The van der Waals surface area contributed by atoms with Crippen molar-refractivity contribution < 1.29 is 18.6 Å². The molecule has 4 rings (SSSR count). The highest BCUT2D eigenvalue weighted by atomic mass is 35.5.